The molecule has 0 radical (unpaired) electrons. The number of carbonyl (C=O) groups is 2. The van der Waals surface area contributed by atoms with Crippen LogP contribution < -0.4 is 0 Å². The van der Waals surface area contributed by atoms with Crippen LogP contribution in [-0.2, 0) is 19.1 Å². The third-order valence-electron chi connectivity index (χ3n) is 2.50. The van der Waals surface area contributed by atoms with Crippen molar-refractivity contribution in [1.29, 1.82) is 0 Å². The molecule has 0 aromatic carbocycles. The van der Waals surface area contributed by atoms with Crippen LogP contribution in [0.1, 0.15) is 26.7 Å². The van der Waals surface area contributed by atoms with Crippen LogP contribution in [0.2, 0.25) is 0 Å². The van der Waals surface area contributed by atoms with Crippen molar-refractivity contribution in [2.75, 3.05) is 0 Å². The summed E-state index contributed by atoms with van der Waals surface area (Å²) < 4.78 is 10.4. The zero-order valence-electron chi connectivity index (χ0n) is 10.3. The Balaban J connectivity index is 2.61. The Morgan fingerprint density at radius 3 is 1.89 bits per heavy atom. The summed E-state index contributed by atoms with van der Waals surface area (Å²) in [6, 6.07) is 0. The average Bonchev–Trinajstić information content (AvgIpc) is 2.31. The van der Waals surface area contributed by atoms with Crippen LogP contribution in [0.25, 0.3) is 0 Å². The highest BCUT2D eigenvalue weighted by Gasteiger charge is 2.31. The number of hydrogen-bond acceptors (Lipinski definition) is 4. The van der Waals surface area contributed by atoms with Gasteiger partial charge in [0.1, 0.15) is 12.2 Å². The van der Waals surface area contributed by atoms with E-state index in [-0.39, 0.29) is 11.9 Å². The number of halogens is 2. The van der Waals surface area contributed by atoms with Crippen molar-refractivity contribution in [2.24, 2.45) is 5.92 Å². The highest BCUT2D eigenvalue weighted by molar-refractivity contribution is 6.52. The number of esters is 2. The molecule has 18 heavy (non-hydrogen) atoms. The van der Waals surface area contributed by atoms with Crippen molar-refractivity contribution < 1.29 is 19.1 Å². The summed E-state index contributed by atoms with van der Waals surface area (Å²) >= 11 is 10.8. The minimum atomic E-state index is -1.22. The topological polar surface area (TPSA) is 52.6 Å². The number of hydrogen-bond donors (Lipinski definition) is 0. The summed E-state index contributed by atoms with van der Waals surface area (Å²) in [5.74, 6) is -1.25. The molecule has 1 rings (SSSR count). The molecule has 0 saturated carbocycles. The smallest absolute Gasteiger partial charge is 0.339 e. The van der Waals surface area contributed by atoms with Crippen LogP contribution >= 0.6 is 23.2 Å². The molecule has 0 N–H and O–H groups in total. The van der Waals surface area contributed by atoms with E-state index < -0.39 is 23.0 Å². The minimum Gasteiger partial charge on any atom is -0.458 e. The van der Waals surface area contributed by atoms with Gasteiger partial charge in [-0.2, -0.15) is 0 Å². The van der Waals surface area contributed by atoms with Crippen LogP contribution in [0.15, 0.2) is 12.2 Å². The van der Waals surface area contributed by atoms with E-state index in [2.05, 4.69) is 0 Å². The van der Waals surface area contributed by atoms with E-state index in [9.17, 15) is 9.59 Å². The maximum atomic E-state index is 11.5. The molecule has 2 atom stereocenters. The summed E-state index contributed by atoms with van der Waals surface area (Å²) in [4.78, 5) is 21.6. The zero-order chi connectivity index (χ0) is 13.7. The summed E-state index contributed by atoms with van der Waals surface area (Å²) in [6.07, 6.45) is 3.77. The first kappa shape index (κ1) is 15.3. The normalized spacial score (nSPS) is 23.2. The highest BCUT2D eigenvalue weighted by Crippen LogP contribution is 2.21. The lowest BCUT2D eigenvalue weighted by molar-refractivity contribution is -0.169. The molecule has 102 valence electrons. The van der Waals surface area contributed by atoms with Gasteiger partial charge in [0.05, 0.1) is 5.92 Å². The number of ether oxygens (including phenoxy) is 2. The standard InChI is InChI=1S/C12H16Cl2O4/c1-7(2)11(15)17-8-5-3-4-6-9(8)18-12(16)10(13)14/h3-4,7-10H,5-6H2,1-2H3/t8-,9+/m0/s1. The van der Waals surface area contributed by atoms with Crippen LogP contribution in [0.3, 0.4) is 0 Å². The number of carbonyl (C=O) groups excluding carboxylic acids is 2. The second-order valence-electron chi connectivity index (χ2n) is 4.35. The molecule has 0 bridgehead atoms. The predicted octanol–water partition coefficient (Wildman–Crippen LogP) is 2.62. The summed E-state index contributed by atoms with van der Waals surface area (Å²) in [6.45, 7) is 3.49. The van der Waals surface area contributed by atoms with Crippen molar-refractivity contribution in [3.8, 4) is 0 Å². The largest absolute Gasteiger partial charge is 0.458 e. The molecule has 0 heterocycles. The fourth-order valence-corrected chi connectivity index (χ4v) is 1.60. The van der Waals surface area contributed by atoms with E-state index in [1.165, 1.54) is 0 Å². The molecule has 0 aromatic heterocycles. The van der Waals surface area contributed by atoms with Crippen LogP contribution in [0.5, 0.6) is 0 Å². The molecule has 0 aliphatic heterocycles. The Bertz CT molecular complexity index is 307. The molecule has 1 aliphatic rings. The first-order valence-electron chi connectivity index (χ1n) is 5.76. The Labute approximate surface area is 116 Å². The van der Waals surface area contributed by atoms with E-state index in [1.54, 1.807) is 13.8 Å². The van der Waals surface area contributed by atoms with Gasteiger partial charge < -0.3 is 9.47 Å². The van der Waals surface area contributed by atoms with Crippen molar-refractivity contribution in [3.05, 3.63) is 12.2 Å². The molecule has 0 fully saturated rings. The molecule has 6 heteroatoms. The fourth-order valence-electron chi connectivity index (χ4n) is 1.50. The van der Waals surface area contributed by atoms with Gasteiger partial charge in [-0.15, -0.1) is 0 Å². The Hall–Kier alpha value is -0.740. The predicted molar refractivity (Wildman–Crippen MR) is 68.5 cm³/mol. The average molecular weight is 295 g/mol. The number of alkyl halides is 2. The first-order chi connectivity index (χ1) is 8.41. The number of rotatable bonds is 4. The van der Waals surface area contributed by atoms with Gasteiger partial charge in [-0.1, -0.05) is 49.2 Å². The van der Waals surface area contributed by atoms with E-state index in [1.807, 2.05) is 12.2 Å². The molecule has 0 spiro atoms. The van der Waals surface area contributed by atoms with E-state index in [0.29, 0.717) is 12.8 Å². The summed E-state index contributed by atoms with van der Waals surface area (Å²) in [5.41, 5.74) is 0. The van der Waals surface area contributed by atoms with Gasteiger partial charge in [0.25, 0.3) is 0 Å². The fraction of sp³-hybridized carbons (Fsp3) is 0.667. The maximum Gasteiger partial charge on any atom is 0.339 e. The maximum absolute atomic E-state index is 11.5. The lowest BCUT2D eigenvalue weighted by Gasteiger charge is -2.28. The highest BCUT2D eigenvalue weighted by atomic mass is 35.5. The van der Waals surface area contributed by atoms with Gasteiger partial charge in [-0.3, -0.25) is 4.79 Å². The van der Waals surface area contributed by atoms with Crippen molar-refractivity contribution in [3.63, 3.8) is 0 Å². The monoisotopic (exact) mass is 294 g/mol. The summed E-state index contributed by atoms with van der Waals surface area (Å²) in [7, 11) is 0. The third-order valence-corrected chi connectivity index (χ3v) is 2.86. The van der Waals surface area contributed by atoms with Crippen LogP contribution in [0, 0.1) is 5.92 Å². The van der Waals surface area contributed by atoms with Gasteiger partial charge in [0.2, 0.25) is 4.84 Å². The Morgan fingerprint density at radius 2 is 1.50 bits per heavy atom. The SMILES string of the molecule is CC(C)C(=O)O[C@H]1CC=CC[C@H]1OC(=O)C(Cl)Cl. The lowest BCUT2D eigenvalue weighted by atomic mass is 10.0. The minimum absolute atomic E-state index is 0.221. The summed E-state index contributed by atoms with van der Waals surface area (Å²) in [5, 5.41) is 0. The molecule has 4 nitrogen and oxygen atoms in total. The molecule has 0 saturated heterocycles. The lowest BCUT2D eigenvalue weighted by Crippen LogP contribution is -2.38. The Morgan fingerprint density at radius 1 is 1.06 bits per heavy atom. The van der Waals surface area contributed by atoms with E-state index in [4.69, 9.17) is 32.7 Å². The van der Waals surface area contributed by atoms with Gasteiger partial charge in [0.15, 0.2) is 0 Å². The quantitative estimate of drug-likeness (QED) is 0.454. The van der Waals surface area contributed by atoms with Crippen molar-refractivity contribution >= 4 is 35.1 Å². The molecule has 0 amide bonds. The van der Waals surface area contributed by atoms with Gasteiger partial charge in [-0.25, -0.2) is 4.79 Å². The molecule has 0 aromatic rings. The zero-order valence-corrected chi connectivity index (χ0v) is 11.8. The first-order valence-corrected chi connectivity index (χ1v) is 6.63. The molecule has 0 unspecified atom stereocenters. The molecular weight excluding hydrogens is 279 g/mol. The molecule has 1 aliphatic carbocycles. The Kier molecular flexibility index (Phi) is 5.96. The van der Waals surface area contributed by atoms with Crippen molar-refractivity contribution in [2.45, 2.75) is 43.7 Å². The van der Waals surface area contributed by atoms with Gasteiger partial charge >= 0.3 is 11.9 Å². The van der Waals surface area contributed by atoms with E-state index in [0.717, 1.165) is 0 Å². The van der Waals surface area contributed by atoms with Gasteiger partial charge in [0, 0.05) is 12.8 Å². The van der Waals surface area contributed by atoms with Gasteiger partial charge in [-0.05, 0) is 0 Å². The van der Waals surface area contributed by atoms with E-state index >= 15 is 0 Å². The van der Waals surface area contributed by atoms with Crippen molar-refractivity contribution in [1.82, 2.24) is 0 Å². The second-order valence-corrected chi connectivity index (χ2v) is 5.45. The van der Waals surface area contributed by atoms with Crippen LogP contribution in [0.4, 0.5) is 0 Å². The molecular formula is C12H16Cl2O4. The van der Waals surface area contributed by atoms with Crippen LogP contribution in [-0.4, -0.2) is 29.0 Å². The second kappa shape index (κ2) is 7.00. The third kappa shape index (κ3) is 4.50.